The van der Waals surface area contributed by atoms with Gasteiger partial charge in [-0.15, -0.1) is 0 Å². The molecule has 1 fully saturated rings. The first-order valence-corrected chi connectivity index (χ1v) is 11.2. The zero-order valence-electron chi connectivity index (χ0n) is 16.3. The predicted octanol–water partition coefficient (Wildman–Crippen LogP) is 7.20. The fourth-order valence-electron chi connectivity index (χ4n) is 4.34. The van der Waals surface area contributed by atoms with E-state index < -0.39 is 0 Å². The molecule has 0 unspecified atom stereocenters. The summed E-state index contributed by atoms with van der Waals surface area (Å²) in [7, 11) is 0. The Labute approximate surface area is 177 Å². The molecular formula is C24H28Cl2N2. The van der Waals surface area contributed by atoms with Crippen LogP contribution in [-0.2, 0) is 13.1 Å². The summed E-state index contributed by atoms with van der Waals surface area (Å²) in [6.07, 6.45) is 11.8. The second kappa shape index (κ2) is 9.35. The topological polar surface area (TPSA) is 17.0 Å². The molecule has 1 aromatic heterocycles. The van der Waals surface area contributed by atoms with Gasteiger partial charge in [0.1, 0.15) is 0 Å². The van der Waals surface area contributed by atoms with Gasteiger partial charge in [0.05, 0.1) is 0 Å². The minimum atomic E-state index is 0.646. The van der Waals surface area contributed by atoms with Crippen LogP contribution in [0.2, 0.25) is 10.0 Å². The van der Waals surface area contributed by atoms with E-state index in [4.69, 9.17) is 23.2 Å². The van der Waals surface area contributed by atoms with Gasteiger partial charge in [0, 0.05) is 46.3 Å². The molecule has 148 valence electrons. The molecule has 0 bridgehead atoms. The molecule has 2 nitrogen and oxygen atoms in total. The maximum Gasteiger partial charge on any atom is 0.0491 e. The van der Waals surface area contributed by atoms with E-state index in [0.717, 1.165) is 23.7 Å². The van der Waals surface area contributed by atoms with E-state index in [1.54, 1.807) is 0 Å². The standard InChI is InChI=1S/C24H28Cl2N2/c25-20-13-12-18(23(26)14-20)16-28-17-19(22-10-6-7-11-24(22)28)15-27-21-8-4-2-1-3-5-9-21/h6-7,10-14,17,21,27H,1-5,8-9,15-16H2. The summed E-state index contributed by atoms with van der Waals surface area (Å²) >= 11 is 12.5. The van der Waals surface area contributed by atoms with Crippen molar-refractivity contribution in [1.82, 2.24) is 9.88 Å². The molecule has 0 spiro atoms. The molecular weight excluding hydrogens is 387 g/mol. The van der Waals surface area contributed by atoms with E-state index in [1.165, 1.54) is 61.4 Å². The van der Waals surface area contributed by atoms with E-state index in [9.17, 15) is 0 Å². The lowest BCUT2D eigenvalue weighted by Gasteiger charge is -2.21. The Morgan fingerprint density at radius 3 is 2.43 bits per heavy atom. The van der Waals surface area contributed by atoms with Gasteiger partial charge in [-0.2, -0.15) is 0 Å². The van der Waals surface area contributed by atoms with Crippen molar-refractivity contribution in [2.24, 2.45) is 0 Å². The Bertz CT molecular complexity index is 923. The molecule has 1 N–H and O–H groups in total. The lowest BCUT2D eigenvalue weighted by molar-refractivity contribution is 0.389. The zero-order chi connectivity index (χ0) is 19.3. The highest BCUT2D eigenvalue weighted by Crippen LogP contribution is 2.26. The van der Waals surface area contributed by atoms with Crippen LogP contribution in [-0.4, -0.2) is 10.6 Å². The van der Waals surface area contributed by atoms with Gasteiger partial charge in [-0.25, -0.2) is 0 Å². The van der Waals surface area contributed by atoms with Crippen molar-refractivity contribution in [3.63, 3.8) is 0 Å². The molecule has 1 saturated carbocycles. The molecule has 0 atom stereocenters. The van der Waals surface area contributed by atoms with Crippen LogP contribution >= 0.6 is 23.2 Å². The normalized spacial score (nSPS) is 16.2. The molecule has 2 aromatic carbocycles. The molecule has 0 saturated heterocycles. The monoisotopic (exact) mass is 414 g/mol. The van der Waals surface area contributed by atoms with Crippen molar-refractivity contribution in [2.75, 3.05) is 0 Å². The fourth-order valence-corrected chi connectivity index (χ4v) is 4.81. The van der Waals surface area contributed by atoms with Crippen molar-refractivity contribution < 1.29 is 0 Å². The second-order valence-electron chi connectivity index (χ2n) is 7.96. The van der Waals surface area contributed by atoms with E-state index in [0.29, 0.717) is 11.1 Å². The first-order valence-electron chi connectivity index (χ1n) is 10.4. The van der Waals surface area contributed by atoms with E-state index in [-0.39, 0.29) is 0 Å². The van der Waals surface area contributed by atoms with E-state index in [2.05, 4.69) is 40.3 Å². The summed E-state index contributed by atoms with van der Waals surface area (Å²) in [5.41, 5.74) is 3.71. The van der Waals surface area contributed by atoms with Gasteiger partial charge in [0.2, 0.25) is 0 Å². The number of rotatable bonds is 5. The largest absolute Gasteiger partial charge is 0.343 e. The van der Waals surface area contributed by atoms with Crippen LogP contribution in [0.1, 0.15) is 56.1 Å². The zero-order valence-corrected chi connectivity index (χ0v) is 17.8. The molecule has 1 aliphatic rings. The van der Waals surface area contributed by atoms with Crippen LogP contribution in [0.15, 0.2) is 48.7 Å². The van der Waals surface area contributed by atoms with Gasteiger partial charge in [0.15, 0.2) is 0 Å². The van der Waals surface area contributed by atoms with Crippen LogP contribution < -0.4 is 5.32 Å². The van der Waals surface area contributed by atoms with Crippen LogP contribution in [0, 0.1) is 0 Å². The molecule has 28 heavy (non-hydrogen) atoms. The average molecular weight is 415 g/mol. The van der Waals surface area contributed by atoms with E-state index in [1.807, 2.05) is 18.2 Å². The number of nitrogens with one attached hydrogen (secondary N) is 1. The summed E-state index contributed by atoms with van der Waals surface area (Å²) in [5.74, 6) is 0. The third-order valence-electron chi connectivity index (χ3n) is 5.91. The highest BCUT2D eigenvalue weighted by Gasteiger charge is 2.14. The lowest BCUT2D eigenvalue weighted by Crippen LogP contribution is -2.29. The maximum absolute atomic E-state index is 6.42. The second-order valence-corrected chi connectivity index (χ2v) is 8.80. The maximum atomic E-state index is 6.42. The minimum absolute atomic E-state index is 0.646. The summed E-state index contributed by atoms with van der Waals surface area (Å²) < 4.78 is 2.31. The molecule has 4 heteroatoms. The average Bonchev–Trinajstić information content (AvgIpc) is 3.01. The van der Waals surface area contributed by atoms with Crippen molar-refractivity contribution >= 4 is 34.1 Å². The van der Waals surface area contributed by atoms with Gasteiger partial charge >= 0.3 is 0 Å². The molecule has 0 radical (unpaired) electrons. The van der Waals surface area contributed by atoms with Crippen molar-refractivity contribution in [3.8, 4) is 0 Å². The fraction of sp³-hybridized carbons (Fsp3) is 0.417. The number of hydrogen-bond acceptors (Lipinski definition) is 1. The summed E-state index contributed by atoms with van der Waals surface area (Å²) in [6, 6.07) is 15.0. The van der Waals surface area contributed by atoms with Crippen LogP contribution in [0.25, 0.3) is 10.9 Å². The highest BCUT2D eigenvalue weighted by atomic mass is 35.5. The van der Waals surface area contributed by atoms with Gasteiger partial charge < -0.3 is 9.88 Å². The smallest absolute Gasteiger partial charge is 0.0491 e. The molecule has 1 heterocycles. The molecule has 1 aliphatic carbocycles. The van der Waals surface area contributed by atoms with Crippen molar-refractivity contribution in [2.45, 2.75) is 64.1 Å². The first kappa shape index (κ1) is 19.8. The van der Waals surface area contributed by atoms with Crippen LogP contribution in [0.3, 0.4) is 0 Å². The third-order valence-corrected chi connectivity index (χ3v) is 6.50. The van der Waals surface area contributed by atoms with Gasteiger partial charge in [-0.3, -0.25) is 0 Å². The van der Waals surface area contributed by atoms with E-state index >= 15 is 0 Å². The lowest BCUT2D eigenvalue weighted by atomic mass is 9.96. The molecule has 0 aliphatic heterocycles. The Morgan fingerprint density at radius 1 is 0.893 bits per heavy atom. The Kier molecular flexibility index (Phi) is 6.61. The Balaban J connectivity index is 1.54. The van der Waals surface area contributed by atoms with Gasteiger partial charge in [-0.05, 0) is 42.2 Å². The van der Waals surface area contributed by atoms with Gasteiger partial charge in [-0.1, -0.05) is 79.6 Å². The summed E-state index contributed by atoms with van der Waals surface area (Å²) in [6.45, 7) is 1.67. The third kappa shape index (κ3) is 4.74. The number of hydrogen-bond donors (Lipinski definition) is 1. The number of benzene rings is 2. The number of para-hydroxylation sites is 1. The van der Waals surface area contributed by atoms with Crippen molar-refractivity contribution in [1.29, 1.82) is 0 Å². The Morgan fingerprint density at radius 2 is 1.64 bits per heavy atom. The number of halogens is 2. The quantitative estimate of drug-likeness (QED) is 0.466. The summed E-state index contributed by atoms with van der Waals surface area (Å²) in [4.78, 5) is 0. The number of nitrogens with zero attached hydrogens (tertiary/aromatic N) is 1. The Hall–Kier alpha value is -1.48. The summed E-state index contributed by atoms with van der Waals surface area (Å²) in [5, 5.41) is 6.56. The SMILES string of the molecule is Clc1ccc(Cn2cc(CNC3CCCCCCC3)c3ccccc32)c(Cl)c1. The predicted molar refractivity (Wildman–Crippen MR) is 120 cm³/mol. The number of aromatic nitrogens is 1. The first-order chi connectivity index (χ1) is 13.7. The van der Waals surface area contributed by atoms with Gasteiger partial charge in [0.25, 0.3) is 0 Å². The number of fused-ring (bicyclic) bond motifs is 1. The van der Waals surface area contributed by atoms with Crippen LogP contribution in [0.5, 0.6) is 0 Å². The molecule has 4 rings (SSSR count). The van der Waals surface area contributed by atoms with Crippen LogP contribution in [0.4, 0.5) is 0 Å². The van der Waals surface area contributed by atoms with Crippen molar-refractivity contribution in [3.05, 3.63) is 69.8 Å². The molecule has 0 amide bonds. The highest BCUT2D eigenvalue weighted by molar-refractivity contribution is 6.35. The molecule has 3 aromatic rings. The minimum Gasteiger partial charge on any atom is -0.343 e.